The summed E-state index contributed by atoms with van der Waals surface area (Å²) < 4.78 is 5.76. The lowest BCUT2D eigenvalue weighted by atomic mass is 9.86. The lowest BCUT2D eigenvalue weighted by molar-refractivity contribution is 0.180. The molecule has 0 spiro atoms. The first-order valence-electron chi connectivity index (χ1n) is 6.86. The fourth-order valence-electron chi connectivity index (χ4n) is 2.10. The predicted molar refractivity (Wildman–Crippen MR) is 76.3 cm³/mol. The van der Waals surface area contributed by atoms with Crippen LogP contribution in [0.4, 0.5) is 0 Å². The Morgan fingerprint density at radius 2 is 2.22 bits per heavy atom. The van der Waals surface area contributed by atoms with Crippen molar-refractivity contribution in [3.63, 3.8) is 0 Å². The van der Waals surface area contributed by atoms with Gasteiger partial charge in [-0.15, -0.1) is 0 Å². The van der Waals surface area contributed by atoms with E-state index in [1.54, 1.807) is 0 Å². The van der Waals surface area contributed by atoms with Crippen molar-refractivity contribution >= 4 is 11.6 Å². The highest BCUT2D eigenvalue weighted by Gasteiger charge is 2.18. The van der Waals surface area contributed by atoms with Gasteiger partial charge in [0.05, 0.1) is 11.6 Å². The molecule has 0 aliphatic heterocycles. The Hall–Kier alpha value is -0.730. The molecular weight excluding hydrogens is 246 g/mol. The average Bonchev–Trinajstić information content (AvgIpc) is 2.29. The third-order valence-electron chi connectivity index (χ3n) is 3.72. The molecule has 1 aliphatic rings. The van der Waals surface area contributed by atoms with E-state index in [1.807, 2.05) is 12.1 Å². The molecule has 2 N–H and O–H groups in total. The second-order valence-electron chi connectivity index (χ2n) is 5.25. The summed E-state index contributed by atoms with van der Waals surface area (Å²) in [6.45, 7) is 2.90. The molecule has 1 saturated carbocycles. The third kappa shape index (κ3) is 3.63. The van der Waals surface area contributed by atoms with E-state index in [0.29, 0.717) is 5.02 Å². The molecule has 1 fully saturated rings. The van der Waals surface area contributed by atoms with Gasteiger partial charge in [-0.1, -0.05) is 31.0 Å². The molecule has 1 aliphatic carbocycles. The number of nitrogens with two attached hydrogens (primary N) is 1. The van der Waals surface area contributed by atoms with E-state index in [2.05, 4.69) is 13.0 Å². The monoisotopic (exact) mass is 267 g/mol. The Labute approximate surface area is 114 Å². The van der Waals surface area contributed by atoms with Crippen LogP contribution in [0.3, 0.4) is 0 Å². The van der Waals surface area contributed by atoms with Crippen molar-refractivity contribution in [2.24, 2.45) is 11.7 Å². The van der Waals surface area contributed by atoms with E-state index in [-0.39, 0.29) is 6.04 Å². The first kappa shape index (κ1) is 13.7. The van der Waals surface area contributed by atoms with Gasteiger partial charge in [-0.05, 0) is 49.3 Å². The molecule has 0 amide bonds. The highest BCUT2D eigenvalue weighted by Crippen LogP contribution is 2.30. The molecule has 0 saturated heterocycles. The quantitative estimate of drug-likeness (QED) is 0.851. The molecule has 1 aromatic rings. The summed E-state index contributed by atoms with van der Waals surface area (Å²) in [5, 5.41) is 0.704. The maximum Gasteiger partial charge on any atom is 0.137 e. The van der Waals surface area contributed by atoms with Crippen LogP contribution in [-0.4, -0.2) is 12.6 Å². The molecule has 1 atom stereocenters. The minimum Gasteiger partial charge on any atom is -0.492 e. The van der Waals surface area contributed by atoms with Gasteiger partial charge in [0, 0.05) is 6.04 Å². The first-order chi connectivity index (χ1) is 8.69. The lowest BCUT2D eigenvalue weighted by Gasteiger charge is -2.25. The van der Waals surface area contributed by atoms with Gasteiger partial charge in [-0.3, -0.25) is 0 Å². The molecule has 0 radical (unpaired) electrons. The van der Waals surface area contributed by atoms with E-state index < -0.39 is 0 Å². The highest BCUT2D eigenvalue weighted by atomic mass is 35.5. The van der Waals surface area contributed by atoms with Gasteiger partial charge in [-0.2, -0.15) is 0 Å². The van der Waals surface area contributed by atoms with Crippen LogP contribution in [0.15, 0.2) is 18.2 Å². The average molecular weight is 268 g/mol. The Bertz CT molecular complexity index is 390. The zero-order valence-corrected chi connectivity index (χ0v) is 11.7. The summed E-state index contributed by atoms with van der Waals surface area (Å²) >= 11 is 6.23. The van der Waals surface area contributed by atoms with E-state index in [4.69, 9.17) is 22.1 Å². The second-order valence-corrected chi connectivity index (χ2v) is 5.65. The molecule has 2 rings (SSSR count). The summed E-state index contributed by atoms with van der Waals surface area (Å²) in [4.78, 5) is 0. The van der Waals surface area contributed by atoms with Gasteiger partial charge in [0.15, 0.2) is 0 Å². The SMILES string of the molecule is CCC(N)Cc1ccc(OCC2CCC2)c(Cl)c1. The van der Waals surface area contributed by atoms with Gasteiger partial charge in [0.1, 0.15) is 5.75 Å². The summed E-state index contributed by atoms with van der Waals surface area (Å²) in [6.07, 6.45) is 5.79. The van der Waals surface area contributed by atoms with Crippen molar-refractivity contribution < 1.29 is 4.74 Å². The van der Waals surface area contributed by atoms with E-state index in [1.165, 1.54) is 24.8 Å². The van der Waals surface area contributed by atoms with Crippen LogP contribution < -0.4 is 10.5 Å². The molecule has 18 heavy (non-hydrogen) atoms. The fraction of sp³-hybridized carbons (Fsp3) is 0.600. The van der Waals surface area contributed by atoms with Gasteiger partial charge in [0.25, 0.3) is 0 Å². The van der Waals surface area contributed by atoms with Crippen molar-refractivity contribution in [3.05, 3.63) is 28.8 Å². The molecule has 100 valence electrons. The third-order valence-corrected chi connectivity index (χ3v) is 4.01. The minimum absolute atomic E-state index is 0.211. The zero-order valence-electron chi connectivity index (χ0n) is 11.0. The van der Waals surface area contributed by atoms with Crippen LogP contribution in [0.2, 0.25) is 5.02 Å². The van der Waals surface area contributed by atoms with Crippen LogP contribution in [0.5, 0.6) is 5.75 Å². The van der Waals surface area contributed by atoms with Gasteiger partial charge in [-0.25, -0.2) is 0 Å². The zero-order chi connectivity index (χ0) is 13.0. The number of rotatable bonds is 6. The Kier molecular flexibility index (Phi) is 4.90. The summed E-state index contributed by atoms with van der Waals surface area (Å²) in [5.74, 6) is 1.53. The number of halogens is 1. The van der Waals surface area contributed by atoms with Crippen LogP contribution in [0.1, 0.15) is 38.2 Å². The van der Waals surface area contributed by atoms with Crippen LogP contribution >= 0.6 is 11.6 Å². The minimum atomic E-state index is 0.211. The first-order valence-corrected chi connectivity index (χ1v) is 7.23. The second kappa shape index (κ2) is 6.44. The van der Waals surface area contributed by atoms with Gasteiger partial charge < -0.3 is 10.5 Å². The van der Waals surface area contributed by atoms with Crippen LogP contribution in [0.25, 0.3) is 0 Å². The molecule has 1 unspecified atom stereocenters. The van der Waals surface area contributed by atoms with Crippen molar-refractivity contribution in [1.82, 2.24) is 0 Å². The summed E-state index contributed by atoms with van der Waals surface area (Å²) in [6, 6.07) is 6.23. The summed E-state index contributed by atoms with van der Waals surface area (Å²) in [7, 11) is 0. The molecule has 3 heteroatoms. The number of hydrogen-bond acceptors (Lipinski definition) is 2. The van der Waals surface area contributed by atoms with Gasteiger partial charge >= 0.3 is 0 Å². The van der Waals surface area contributed by atoms with Crippen LogP contribution in [-0.2, 0) is 6.42 Å². The molecular formula is C15H22ClNO. The fourth-order valence-corrected chi connectivity index (χ4v) is 2.36. The number of benzene rings is 1. The highest BCUT2D eigenvalue weighted by molar-refractivity contribution is 6.32. The smallest absolute Gasteiger partial charge is 0.137 e. The Balaban J connectivity index is 1.91. The topological polar surface area (TPSA) is 35.2 Å². The van der Waals surface area contributed by atoms with Crippen molar-refractivity contribution in [3.8, 4) is 5.75 Å². The lowest BCUT2D eigenvalue weighted by Crippen LogP contribution is -2.21. The summed E-state index contributed by atoms with van der Waals surface area (Å²) in [5.41, 5.74) is 7.13. The van der Waals surface area contributed by atoms with Crippen molar-refractivity contribution in [1.29, 1.82) is 0 Å². The molecule has 2 nitrogen and oxygen atoms in total. The van der Waals surface area contributed by atoms with Crippen molar-refractivity contribution in [2.45, 2.75) is 45.1 Å². The van der Waals surface area contributed by atoms with E-state index in [9.17, 15) is 0 Å². The largest absolute Gasteiger partial charge is 0.492 e. The van der Waals surface area contributed by atoms with Crippen LogP contribution in [0, 0.1) is 5.92 Å². The van der Waals surface area contributed by atoms with Gasteiger partial charge in [0.2, 0.25) is 0 Å². The molecule has 0 bridgehead atoms. The predicted octanol–water partition coefficient (Wildman–Crippen LogP) is 3.80. The normalized spacial score (nSPS) is 17.3. The standard InChI is InChI=1S/C15H22ClNO/c1-2-13(17)8-12-6-7-15(14(16)9-12)18-10-11-4-3-5-11/h6-7,9,11,13H,2-5,8,10,17H2,1H3. The van der Waals surface area contributed by atoms with E-state index >= 15 is 0 Å². The molecule has 0 aromatic heterocycles. The maximum absolute atomic E-state index is 6.23. The Morgan fingerprint density at radius 3 is 2.78 bits per heavy atom. The number of hydrogen-bond donors (Lipinski definition) is 1. The number of ether oxygens (including phenoxy) is 1. The Morgan fingerprint density at radius 1 is 1.44 bits per heavy atom. The van der Waals surface area contributed by atoms with E-state index in [0.717, 1.165) is 31.1 Å². The van der Waals surface area contributed by atoms with Crippen molar-refractivity contribution in [2.75, 3.05) is 6.61 Å². The maximum atomic E-state index is 6.23. The molecule has 0 heterocycles. The molecule has 1 aromatic carbocycles.